The highest BCUT2D eigenvalue weighted by molar-refractivity contribution is 5.44. The van der Waals surface area contributed by atoms with Crippen LogP contribution in [-0.2, 0) is 11.2 Å². The average molecular weight is 272 g/mol. The maximum atomic E-state index is 10.0. The second-order valence-corrected chi connectivity index (χ2v) is 4.57. The molecule has 1 aliphatic heterocycles. The average Bonchev–Trinajstić information content (AvgIpc) is 2.95. The molecule has 104 valence electrons. The molecule has 0 aliphatic carbocycles. The fourth-order valence-corrected chi connectivity index (χ4v) is 2.10. The van der Waals surface area contributed by atoms with Crippen LogP contribution in [-0.4, -0.2) is 18.5 Å². The van der Waals surface area contributed by atoms with Gasteiger partial charge in [0.05, 0.1) is 6.61 Å². The molecule has 1 heterocycles. The lowest BCUT2D eigenvalue weighted by molar-refractivity contribution is -0.102. The minimum Gasteiger partial charge on any atom is -0.454 e. The summed E-state index contributed by atoms with van der Waals surface area (Å²) in [6.07, 6.45) is -0.184. The summed E-state index contributed by atoms with van der Waals surface area (Å²) in [6, 6.07) is 15.3. The van der Waals surface area contributed by atoms with Crippen LogP contribution in [0.1, 0.15) is 17.4 Å². The third kappa shape index (κ3) is 2.92. The summed E-state index contributed by atoms with van der Waals surface area (Å²) >= 11 is 0. The van der Waals surface area contributed by atoms with Gasteiger partial charge in [0.2, 0.25) is 6.79 Å². The Morgan fingerprint density at radius 1 is 1.05 bits per heavy atom. The van der Waals surface area contributed by atoms with E-state index in [0.29, 0.717) is 23.7 Å². The smallest absolute Gasteiger partial charge is 0.231 e. The van der Waals surface area contributed by atoms with Crippen molar-refractivity contribution in [2.45, 2.75) is 12.7 Å². The summed E-state index contributed by atoms with van der Waals surface area (Å²) in [5, 5.41) is 10.0. The molecule has 0 aromatic heterocycles. The number of benzene rings is 2. The van der Waals surface area contributed by atoms with E-state index in [2.05, 4.69) is 0 Å². The van der Waals surface area contributed by atoms with Crippen molar-refractivity contribution in [1.29, 1.82) is 0 Å². The molecule has 1 atom stereocenters. The number of aliphatic hydroxyl groups excluding tert-OH is 1. The molecule has 0 radical (unpaired) electrons. The number of aliphatic hydroxyl groups is 1. The summed E-state index contributed by atoms with van der Waals surface area (Å²) in [6.45, 7) is 0.684. The Kier molecular flexibility index (Phi) is 3.85. The summed E-state index contributed by atoms with van der Waals surface area (Å²) in [4.78, 5) is 0. The van der Waals surface area contributed by atoms with E-state index in [1.165, 1.54) is 5.56 Å². The highest BCUT2D eigenvalue weighted by Crippen LogP contribution is 2.34. The van der Waals surface area contributed by atoms with E-state index in [1.807, 2.05) is 30.3 Å². The largest absolute Gasteiger partial charge is 0.454 e. The van der Waals surface area contributed by atoms with Crippen molar-refractivity contribution in [3.8, 4) is 11.5 Å². The SMILES string of the molecule is OC(OCCc1ccccc1)c1ccc2c(c1)OCO2. The van der Waals surface area contributed by atoms with Gasteiger partial charge in [0.15, 0.2) is 17.8 Å². The maximum absolute atomic E-state index is 10.0. The lowest BCUT2D eigenvalue weighted by atomic mass is 10.1. The van der Waals surface area contributed by atoms with Gasteiger partial charge in [0.1, 0.15) is 0 Å². The van der Waals surface area contributed by atoms with Crippen LogP contribution in [0.3, 0.4) is 0 Å². The molecule has 0 fully saturated rings. The van der Waals surface area contributed by atoms with Crippen LogP contribution in [0.15, 0.2) is 48.5 Å². The molecule has 1 aliphatic rings. The predicted molar refractivity (Wildman–Crippen MR) is 73.6 cm³/mol. The molecule has 2 aromatic rings. The zero-order chi connectivity index (χ0) is 13.8. The van der Waals surface area contributed by atoms with E-state index in [4.69, 9.17) is 14.2 Å². The summed E-state index contributed by atoms with van der Waals surface area (Å²) in [7, 11) is 0. The molecular formula is C16H16O4. The Bertz CT molecular complexity index is 568. The molecule has 0 spiro atoms. The van der Waals surface area contributed by atoms with Crippen molar-refractivity contribution in [2.24, 2.45) is 0 Å². The molecule has 0 saturated carbocycles. The number of ether oxygens (including phenoxy) is 3. The molecule has 20 heavy (non-hydrogen) atoms. The lowest BCUT2D eigenvalue weighted by Gasteiger charge is -2.12. The Morgan fingerprint density at radius 2 is 1.85 bits per heavy atom. The van der Waals surface area contributed by atoms with Gasteiger partial charge >= 0.3 is 0 Å². The standard InChI is InChI=1S/C16H16O4/c17-16(18-9-8-12-4-2-1-3-5-12)13-6-7-14-15(10-13)20-11-19-14/h1-7,10,16-17H,8-9,11H2. The Balaban J connectivity index is 1.55. The van der Waals surface area contributed by atoms with Gasteiger partial charge < -0.3 is 19.3 Å². The van der Waals surface area contributed by atoms with Gasteiger partial charge in [-0.25, -0.2) is 0 Å². The molecule has 1 N–H and O–H groups in total. The normalized spacial score (nSPS) is 14.2. The third-order valence-corrected chi connectivity index (χ3v) is 3.19. The molecule has 3 rings (SSSR count). The minimum absolute atomic E-state index is 0.226. The summed E-state index contributed by atoms with van der Waals surface area (Å²) < 4.78 is 16.0. The van der Waals surface area contributed by atoms with Crippen LogP contribution in [0.5, 0.6) is 11.5 Å². The van der Waals surface area contributed by atoms with E-state index >= 15 is 0 Å². The van der Waals surface area contributed by atoms with Gasteiger partial charge in [-0.3, -0.25) is 0 Å². The van der Waals surface area contributed by atoms with Crippen molar-refractivity contribution < 1.29 is 19.3 Å². The van der Waals surface area contributed by atoms with Gasteiger partial charge in [0, 0.05) is 5.56 Å². The van der Waals surface area contributed by atoms with Gasteiger partial charge in [-0.15, -0.1) is 0 Å². The van der Waals surface area contributed by atoms with E-state index < -0.39 is 6.29 Å². The minimum atomic E-state index is -0.951. The number of rotatable bonds is 5. The fourth-order valence-electron chi connectivity index (χ4n) is 2.10. The maximum Gasteiger partial charge on any atom is 0.231 e. The Morgan fingerprint density at radius 3 is 2.70 bits per heavy atom. The third-order valence-electron chi connectivity index (χ3n) is 3.19. The molecule has 4 heteroatoms. The number of fused-ring (bicyclic) bond motifs is 1. The molecule has 4 nitrogen and oxygen atoms in total. The molecule has 0 amide bonds. The van der Waals surface area contributed by atoms with Crippen LogP contribution in [0.25, 0.3) is 0 Å². The van der Waals surface area contributed by atoms with Gasteiger partial charge in [-0.05, 0) is 24.1 Å². The van der Waals surface area contributed by atoms with E-state index in [1.54, 1.807) is 18.2 Å². The topological polar surface area (TPSA) is 47.9 Å². The van der Waals surface area contributed by atoms with Crippen LogP contribution >= 0.6 is 0 Å². The van der Waals surface area contributed by atoms with Crippen molar-refractivity contribution >= 4 is 0 Å². The number of hydrogen-bond donors (Lipinski definition) is 1. The highest BCUT2D eigenvalue weighted by atomic mass is 16.7. The Labute approximate surface area is 117 Å². The molecule has 2 aromatic carbocycles. The van der Waals surface area contributed by atoms with Crippen molar-refractivity contribution in [3.63, 3.8) is 0 Å². The van der Waals surface area contributed by atoms with Crippen molar-refractivity contribution in [1.82, 2.24) is 0 Å². The second kappa shape index (κ2) is 5.94. The first-order chi connectivity index (χ1) is 9.83. The molecule has 0 bridgehead atoms. The first-order valence-electron chi connectivity index (χ1n) is 6.56. The lowest BCUT2D eigenvalue weighted by Crippen LogP contribution is -2.06. The van der Waals surface area contributed by atoms with E-state index in [9.17, 15) is 5.11 Å². The van der Waals surface area contributed by atoms with Crippen LogP contribution < -0.4 is 9.47 Å². The van der Waals surface area contributed by atoms with Crippen molar-refractivity contribution in [3.05, 3.63) is 59.7 Å². The second-order valence-electron chi connectivity index (χ2n) is 4.57. The Hall–Kier alpha value is -2.04. The molecule has 1 unspecified atom stereocenters. The molecule has 0 saturated heterocycles. The van der Waals surface area contributed by atoms with Crippen LogP contribution in [0, 0.1) is 0 Å². The van der Waals surface area contributed by atoms with Gasteiger partial charge in [-0.1, -0.05) is 36.4 Å². The summed E-state index contributed by atoms with van der Waals surface area (Å²) in [5.41, 5.74) is 1.85. The molecular weight excluding hydrogens is 256 g/mol. The van der Waals surface area contributed by atoms with E-state index in [-0.39, 0.29) is 6.79 Å². The first-order valence-corrected chi connectivity index (χ1v) is 6.56. The number of hydrogen-bond acceptors (Lipinski definition) is 4. The van der Waals surface area contributed by atoms with E-state index in [0.717, 1.165) is 6.42 Å². The zero-order valence-corrected chi connectivity index (χ0v) is 11.0. The van der Waals surface area contributed by atoms with Gasteiger partial charge in [-0.2, -0.15) is 0 Å². The predicted octanol–water partition coefficient (Wildman–Crippen LogP) is 2.67. The first kappa shape index (κ1) is 13.0. The van der Waals surface area contributed by atoms with Crippen molar-refractivity contribution in [2.75, 3.05) is 13.4 Å². The van der Waals surface area contributed by atoms with Crippen LogP contribution in [0.4, 0.5) is 0 Å². The monoisotopic (exact) mass is 272 g/mol. The van der Waals surface area contributed by atoms with Crippen LogP contribution in [0.2, 0.25) is 0 Å². The fraction of sp³-hybridized carbons (Fsp3) is 0.250. The zero-order valence-electron chi connectivity index (χ0n) is 11.0. The van der Waals surface area contributed by atoms with Gasteiger partial charge in [0.25, 0.3) is 0 Å². The quantitative estimate of drug-likeness (QED) is 0.850. The highest BCUT2D eigenvalue weighted by Gasteiger charge is 2.16. The summed E-state index contributed by atoms with van der Waals surface area (Å²) in [5.74, 6) is 1.35.